The van der Waals surface area contributed by atoms with Gasteiger partial charge in [0.15, 0.2) is 0 Å². The summed E-state index contributed by atoms with van der Waals surface area (Å²) in [5.41, 5.74) is 6.26. The molecule has 1 heterocycles. The number of aromatic nitrogens is 2. The zero-order valence-electron chi connectivity index (χ0n) is 10.7. The Morgan fingerprint density at radius 3 is 2.78 bits per heavy atom. The number of aliphatic hydroxyl groups excluding tert-OH is 1. The van der Waals surface area contributed by atoms with Gasteiger partial charge in [-0.1, -0.05) is 0 Å². The van der Waals surface area contributed by atoms with Crippen molar-refractivity contribution in [2.75, 3.05) is 18.8 Å². The van der Waals surface area contributed by atoms with Crippen LogP contribution in [0, 0.1) is 5.92 Å². The third kappa shape index (κ3) is 3.23. The van der Waals surface area contributed by atoms with Gasteiger partial charge in [0, 0.05) is 25.3 Å². The van der Waals surface area contributed by atoms with Gasteiger partial charge in [0.2, 0.25) is 0 Å². The van der Waals surface area contributed by atoms with Crippen molar-refractivity contribution in [3.8, 4) is 0 Å². The van der Waals surface area contributed by atoms with E-state index in [9.17, 15) is 5.11 Å². The standard InChI is InChI=1S/C13H22N4O/c14-11-5-15-17(7-11)9-13(18)8-16(12-3-4-12)6-10-1-2-10/h5,7,10,12-13,18H,1-4,6,8-9,14H2. The molecule has 5 nitrogen and oxygen atoms in total. The first-order chi connectivity index (χ1) is 8.70. The average Bonchev–Trinajstić information content (AvgIpc) is 3.20. The van der Waals surface area contributed by atoms with Gasteiger partial charge in [-0.15, -0.1) is 0 Å². The number of nitrogens with zero attached hydrogens (tertiary/aromatic N) is 3. The fourth-order valence-corrected chi connectivity index (χ4v) is 2.47. The van der Waals surface area contributed by atoms with E-state index in [1.54, 1.807) is 17.1 Å². The maximum atomic E-state index is 10.1. The molecule has 0 spiro atoms. The van der Waals surface area contributed by atoms with Crippen LogP contribution < -0.4 is 5.73 Å². The lowest BCUT2D eigenvalue weighted by atomic mass is 10.2. The van der Waals surface area contributed by atoms with Crippen LogP contribution in [0.15, 0.2) is 12.4 Å². The van der Waals surface area contributed by atoms with Crippen LogP contribution in [0.2, 0.25) is 0 Å². The maximum Gasteiger partial charge on any atom is 0.0862 e. The van der Waals surface area contributed by atoms with E-state index in [2.05, 4.69) is 10.00 Å². The van der Waals surface area contributed by atoms with Crippen molar-refractivity contribution in [2.45, 2.75) is 44.4 Å². The Morgan fingerprint density at radius 1 is 1.44 bits per heavy atom. The highest BCUT2D eigenvalue weighted by Crippen LogP contribution is 2.34. The van der Waals surface area contributed by atoms with Gasteiger partial charge >= 0.3 is 0 Å². The predicted octanol–water partition coefficient (Wildman–Crippen LogP) is 0.701. The van der Waals surface area contributed by atoms with Gasteiger partial charge in [-0.3, -0.25) is 9.58 Å². The summed E-state index contributed by atoms with van der Waals surface area (Å²) in [6.45, 7) is 2.47. The zero-order chi connectivity index (χ0) is 12.5. The number of nitrogen functional groups attached to an aromatic ring is 1. The summed E-state index contributed by atoms with van der Waals surface area (Å²) in [7, 11) is 0. The normalized spacial score (nSPS) is 21.4. The van der Waals surface area contributed by atoms with Crippen LogP contribution in [0.3, 0.4) is 0 Å². The second-order valence-electron chi connectivity index (χ2n) is 5.78. The average molecular weight is 250 g/mol. The summed E-state index contributed by atoms with van der Waals surface area (Å²) < 4.78 is 1.72. The molecular formula is C13H22N4O. The maximum absolute atomic E-state index is 10.1. The Balaban J connectivity index is 1.49. The van der Waals surface area contributed by atoms with Crippen molar-refractivity contribution in [3.63, 3.8) is 0 Å². The summed E-state index contributed by atoms with van der Waals surface area (Å²) in [5, 5.41) is 14.3. The molecule has 0 bridgehead atoms. The first kappa shape index (κ1) is 12.0. The first-order valence-electron chi connectivity index (χ1n) is 6.91. The molecule has 18 heavy (non-hydrogen) atoms. The van der Waals surface area contributed by atoms with Gasteiger partial charge in [-0.25, -0.2) is 0 Å². The molecular weight excluding hydrogens is 228 g/mol. The fourth-order valence-electron chi connectivity index (χ4n) is 2.47. The van der Waals surface area contributed by atoms with Crippen LogP contribution in [0.25, 0.3) is 0 Å². The van der Waals surface area contributed by atoms with Crippen LogP contribution in [0.5, 0.6) is 0 Å². The summed E-state index contributed by atoms with van der Waals surface area (Å²) in [5.74, 6) is 0.887. The molecule has 0 saturated heterocycles. The monoisotopic (exact) mass is 250 g/mol. The molecule has 3 rings (SSSR count). The molecule has 1 unspecified atom stereocenters. The number of hydrogen-bond donors (Lipinski definition) is 2. The largest absolute Gasteiger partial charge is 0.396 e. The predicted molar refractivity (Wildman–Crippen MR) is 70.0 cm³/mol. The highest BCUT2D eigenvalue weighted by atomic mass is 16.3. The van der Waals surface area contributed by atoms with E-state index < -0.39 is 0 Å². The molecule has 1 aromatic rings. The second-order valence-corrected chi connectivity index (χ2v) is 5.78. The highest BCUT2D eigenvalue weighted by Gasteiger charge is 2.34. The molecule has 0 amide bonds. The van der Waals surface area contributed by atoms with Gasteiger partial charge in [0.25, 0.3) is 0 Å². The van der Waals surface area contributed by atoms with E-state index in [4.69, 9.17) is 5.73 Å². The smallest absolute Gasteiger partial charge is 0.0862 e. The molecule has 0 aliphatic heterocycles. The highest BCUT2D eigenvalue weighted by molar-refractivity contribution is 5.30. The lowest BCUT2D eigenvalue weighted by Gasteiger charge is -2.24. The van der Waals surface area contributed by atoms with E-state index in [0.717, 1.165) is 18.5 Å². The molecule has 2 saturated carbocycles. The molecule has 2 aliphatic rings. The van der Waals surface area contributed by atoms with Crippen molar-refractivity contribution in [1.82, 2.24) is 14.7 Å². The van der Waals surface area contributed by atoms with Crippen molar-refractivity contribution in [1.29, 1.82) is 0 Å². The molecule has 5 heteroatoms. The first-order valence-corrected chi connectivity index (χ1v) is 6.91. The van der Waals surface area contributed by atoms with Crippen LogP contribution in [-0.4, -0.2) is 45.0 Å². The Kier molecular flexibility index (Phi) is 3.26. The number of aliphatic hydroxyl groups is 1. The summed E-state index contributed by atoms with van der Waals surface area (Å²) in [6, 6.07) is 0.725. The third-order valence-electron chi connectivity index (χ3n) is 3.75. The minimum atomic E-state index is -0.358. The molecule has 2 fully saturated rings. The lowest BCUT2D eigenvalue weighted by Crippen LogP contribution is -2.37. The minimum absolute atomic E-state index is 0.358. The topological polar surface area (TPSA) is 67.3 Å². The Hall–Kier alpha value is -1.07. The summed E-state index contributed by atoms with van der Waals surface area (Å²) in [6.07, 6.45) is 8.37. The quantitative estimate of drug-likeness (QED) is 0.747. The van der Waals surface area contributed by atoms with E-state index in [-0.39, 0.29) is 6.10 Å². The zero-order valence-corrected chi connectivity index (χ0v) is 10.7. The number of anilines is 1. The van der Waals surface area contributed by atoms with Crippen LogP contribution in [-0.2, 0) is 6.54 Å². The Labute approximate surface area is 108 Å². The van der Waals surface area contributed by atoms with Crippen LogP contribution in [0.1, 0.15) is 25.7 Å². The van der Waals surface area contributed by atoms with E-state index in [0.29, 0.717) is 12.2 Å². The van der Waals surface area contributed by atoms with Crippen molar-refractivity contribution in [3.05, 3.63) is 12.4 Å². The second kappa shape index (κ2) is 4.90. The van der Waals surface area contributed by atoms with Gasteiger partial charge < -0.3 is 10.8 Å². The summed E-state index contributed by atoms with van der Waals surface area (Å²) >= 11 is 0. The van der Waals surface area contributed by atoms with Gasteiger partial charge in [0.1, 0.15) is 0 Å². The van der Waals surface area contributed by atoms with Gasteiger partial charge in [0.05, 0.1) is 24.5 Å². The van der Waals surface area contributed by atoms with Crippen molar-refractivity contribution >= 4 is 5.69 Å². The molecule has 0 radical (unpaired) electrons. The van der Waals surface area contributed by atoms with Crippen LogP contribution >= 0.6 is 0 Å². The van der Waals surface area contributed by atoms with E-state index >= 15 is 0 Å². The van der Waals surface area contributed by atoms with E-state index in [1.165, 1.54) is 32.2 Å². The van der Waals surface area contributed by atoms with Crippen molar-refractivity contribution in [2.24, 2.45) is 5.92 Å². The molecule has 1 atom stereocenters. The lowest BCUT2D eigenvalue weighted by molar-refractivity contribution is 0.0887. The van der Waals surface area contributed by atoms with Crippen molar-refractivity contribution < 1.29 is 5.11 Å². The molecule has 2 aliphatic carbocycles. The molecule has 3 N–H and O–H groups in total. The summed E-state index contributed by atoms with van der Waals surface area (Å²) in [4.78, 5) is 2.47. The Morgan fingerprint density at radius 2 is 2.22 bits per heavy atom. The van der Waals surface area contributed by atoms with E-state index in [1.807, 2.05) is 0 Å². The number of hydrogen-bond acceptors (Lipinski definition) is 4. The Bertz CT molecular complexity index is 397. The molecule has 100 valence electrons. The van der Waals surface area contributed by atoms with Gasteiger partial charge in [-0.05, 0) is 31.6 Å². The molecule has 0 aromatic carbocycles. The minimum Gasteiger partial charge on any atom is -0.396 e. The molecule has 1 aromatic heterocycles. The van der Waals surface area contributed by atoms with Crippen LogP contribution in [0.4, 0.5) is 5.69 Å². The fraction of sp³-hybridized carbons (Fsp3) is 0.769. The third-order valence-corrected chi connectivity index (χ3v) is 3.75. The van der Waals surface area contributed by atoms with Gasteiger partial charge in [-0.2, -0.15) is 5.10 Å². The SMILES string of the molecule is Nc1cnn(CC(O)CN(CC2CC2)C2CC2)c1. The number of nitrogens with two attached hydrogens (primary N) is 1. The number of rotatable bonds is 7.